The van der Waals surface area contributed by atoms with E-state index in [0.29, 0.717) is 48.6 Å². The minimum atomic E-state index is -0.352. The van der Waals surface area contributed by atoms with Crippen LogP contribution in [0, 0.1) is 0 Å². The van der Waals surface area contributed by atoms with Gasteiger partial charge < -0.3 is 23.5 Å². The maximum absolute atomic E-state index is 12.3. The van der Waals surface area contributed by atoms with Gasteiger partial charge in [-0.05, 0) is 36.6 Å². The third-order valence-corrected chi connectivity index (χ3v) is 5.81. The quantitative estimate of drug-likeness (QED) is 0.551. The lowest BCUT2D eigenvalue weighted by atomic mass is 10.0. The summed E-state index contributed by atoms with van der Waals surface area (Å²) >= 11 is 6.56. The Hall–Kier alpha value is -2.86. The first-order valence-electron chi connectivity index (χ1n) is 10.2. The van der Waals surface area contributed by atoms with Crippen molar-refractivity contribution in [3.8, 4) is 17.2 Å². The Morgan fingerprint density at radius 2 is 1.90 bits per heavy atom. The second-order valence-corrected chi connectivity index (χ2v) is 7.94. The van der Waals surface area contributed by atoms with Crippen molar-refractivity contribution in [2.45, 2.75) is 32.7 Å². The minimum absolute atomic E-state index is 0.331. The molecular formula is C23H22ClNO5. The van der Waals surface area contributed by atoms with E-state index in [0.717, 1.165) is 47.2 Å². The molecule has 5 rings (SSSR count). The summed E-state index contributed by atoms with van der Waals surface area (Å²) in [5, 5.41) is 1.41. The minimum Gasteiger partial charge on any atom is -0.486 e. The monoisotopic (exact) mass is 427 g/mol. The Bertz CT molecular complexity index is 1170. The van der Waals surface area contributed by atoms with Crippen LogP contribution in [0.4, 0.5) is 5.69 Å². The third kappa shape index (κ3) is 3.35. The molecule has 2 aromatic carbocycles. The van der Waals surface area contributed by atoms with Gasteiger partial charge in [0.2, 0.25) is 0 Å². The van der Waals surface area contributed by atoms with Crippen molar-refractivity contribution in [1.29, 1.82) is 0 Å². The molecule has 6 nitrogen and oxygen atoms in total. The van der Waals surface area contributed by atoms with Gasteiger partial charge in [-0.2, -0.15) is 0 Å². The van der Waals surface area contributed by atoms with Crippen LogP contribution in [0.3, 0.4) is 0 Å². The molecule has 0 amide bonds. The number of ether oxygens (including phenoxy) is 3. The molecule has 0 spiro atoms. The van der Waals surface area contributed by atoms with E-state index in [9.17, 15) is 4.79 Å². The van der Waals surface area contributed by atoms with Crippen LogP contribution in [0.2, 0.25) is 5.02 Å². The van der Waals surface area contributed by atoms with E-state index in [-0.39, 0.29) is 5.63 Å². The highest BCUT2D eigenvalue weighted by Crippen LogP contribution is 2.41. The topological polar surface area (TPSA) is 61.1 Å². The second kappa shape index (κ2) is 7.76. The van der Waals surface area contributed by atoms with Gasteiger partial charge in [-0.1, -0.05) is 24.9 Å². The average Bonchev–Trinajstić information content (AvgIpc) is 2.77. The van der Waals surface area contributed by atoms with E-state index in [1.54, 1.807) is 6.07 Å². The molecule has 0 atom stereocenters. The number of hydrogen-bond acceptors (Lipinski definition) is 6. The molecule has 3 aromatic rings. The molecule has 1 aromatic heterocycles. The van der Waals surface area contributed by atoms with E-state index in [1.165, 1.54) is 0 Å². The SMILES string of the molecule is CCCCc1cc(=O)oc2c3c(c(Cl)cc12)OCN(c1ccc2c(c1)OCCO2)C3. The molecule has 0 saturated carbocycles. The van der Waals surface area contributed by atoms with Gasteiger partial charge in [0.05, 0.1) is 17.1 Å². The van der Waals surface area contributed by atoms with E-state index in [1.807, 2.05) is 24.3 Å². The van der Waals surface area contributed by atoms with Gasteiger partial charge in [0.1, 0.15) is 24.5 Å². The number of anilines is 1. The second-order valence-electron chi connectivity index (χ2n) is 7.54. The van der Waals surface area contributed by atoms with Crippen LogP contribution in [-0.2, 0) is 13.0 Å². The Morgan fingerprint density at radius 3 is 2.73 bits per heavy atom. The summed E-state index contributed by atoms with van der Waals surface area (Å²) in [5.41, 5.74) is 2.88. The molecule has 3 heterocycles. The lowest BCUT2D eigenvalue weighted by Gasteiger charge is -2.32. The van der Waals surface area contributed by atoms with Crippen LogP contribution in [0.25, 0.3) is 11.0 Å². The molecule has 7 heteroatoms. The third-order valence-electron chi connectivity index (χ3n) is 5.53. The lowest BCUT2D eigenvalue weighted by molar-refractivity contribution is 0.171. The standard InChI is InChI=1S/C23H22ClNO5/c1-2-3-4-14-9-21(26)30-22-16(14)11-18(24)23-17(22)12-25(13-29-23)15-5-6-19-20(10-15)28-8-7-27-19/h5-6,9-11H,2-4,7-8,12-13H2,1H3. The van der Waals surface area contributed by atoms with Crippen molar-refractivity contribution in [1.82, 2.24) is 0 Å². The predicted octanol–water partition coefficient (Wildman–Crippen LogP) is 4.92. The van der Waals surface area contributed by atoms with Gasteiger partial charge in [-0.3, -0.25) is 0 Å². The predicted molar refractivity (Wildman–Crippen MR) is 115 cm³/mol. The van der Waals surface area contributed by atoms with Crippen molar-refractivity contribution in [3.05, 3.63) is 56.9 Å². The lowest BCUT2D eigenvalue weighted by Crippen LogP contribution is -2.32. The zero-order valence-electron chi connectivity index (χ0n) is 16.7. The van der Waals surface area contributed by atoms with E-state index >= 15 is 0 Å². The highest BCUT2D eigenvalue weighted by molar-refractivity contribution is 6.33. The summed E-state index contributed by atoms with van der Waals surface area (Å²) in [4.78, 5) is 14.3. The highest BCUT2D eigenvalue weighted by atomic mass is 35.5. The fourth-order valence-corrected chi connectivity index (χ4v) is 4.30. The molecule has 30 heavy (non-hydrogen) atoms. The van der Waals surface area contributed by atoms with Crippen LogP contribution < -0.4 is 24.7 Å². The summed E-state index contributed by atoms with van der Waals surface area (Å²) in [6.07, 6.45) is 2.84. The van der Waals surface area contributed by atoms with Crippen LogP contribution >= 0.6 is 11.6 Å². The highest BCUT2D eigenvalue weighted by Gasteiger charge is 2.26. The van der Waals surface area contributed by atoms with Gasteiger partial charge in [-0.25, -0.2) is 4.79 Å². The zero-order valence-corrected chi connectivity index (χ0v) is 17.5. The first kappa shape index (κ1) is 19.1. The smallest absolute Gasteiger partial charge is 0.336 e. The molecule has 0 fully saturated rings. The van der Waals surface area contributed by atoms with Crippen molar-refractivity contribution < 1.29 is 18.6 Å². The number of benzene rings is 2. The normalized spacial score (nSPS) is 15.1. The maximum atomic E-state index is 12.3. The number of fused-ring (bicyclic) bond motifs is 4. The summed E-state index contributed by atoms with van der Waals surface area (Å²) in [6, 6.07) is 9.24. The molecule has 0 bridgehead atoms. The van der Waals surface area contributed by atoms with Crippen molar-refractivity contribution in [2.75, 3.05) is 24.8 Å². The van der Waals surface area contributed by atoms with Crippen molar-refractivity contribution in [2.24, 2.45) is 0 Å². The number of halogens is 1. The Morgan fingerprint density at radius 1 is 1.07 bits per heavy atom. The number of hydrogen-bond donors (Lipinski definition) is 0. The molecule has 0 radical (unpaired) electrons. The van der Waals surface area contributed by atoms with Crippen LogP contribution in [0.15, 0.2) is 39.5 Å². The van der Waals surface area contributed by atoms with Crippen LogP contribution in [0.1, 0.15) is 30.9 Å². The Labute approximate surface area is 178 Å². The summed E-state index contributed by atoms with van der Waals surface area (Å²) in [7, 11) is 0. The molecule has 0 unspecified atom stereocenters. The zero-order chi connectivity index (χ0) is 20.7. The molecule has 156 valence electrons. The van der Waals surface area contributed by atoms with E-state index in [4.69, 9.17) is 30.2 Å². The summed E-state index contributed by atoms with van der Waals surface area (Å²) < 4.78 is 23.0. The number of rotatable bonds is 4. The molecule has 0 aliphatic carbocycles. The Balaban J connectivity index is 1.57. The van der Waals surface area contributed by atoms with Crippen molar-refractivity contribution >= 4 is 28.3 Å². The first-order chi connectivity index (χ1) is 14.6. The van der Waals surface area contributed by atoms with Gasteiger partial charge in [0, 0.05) is 23.2 Å². The van der Waals surface area contributed by atoms with Gasteiger partial charge in [0.25, 0.3) is 0 Å². The van der Waals surface area contributed by atoms with Crippen molar-refractivity contribution in [3.63, 3.8) is 0 Å². The largest absolute Gasteiger partial charge is 0.486 e. The fraction of sp³-hybridized carbons (Fsp3) is 0.348. The maximum Gasteiger partial charge on any atom is 0.336 e. The van der Waals surface area contributed by atoms with E-state index < -0.39 is 0 Å². The number of aryl methyl sites for hydroxylation is 1. The number of unbranched alkanes of at least 4 members (excludes halogenated alkanes) is 1. The van der Waals surface area contributed by atoms with Crippen LogP contribution in [-0.4, -0.2) is 19.9 Å². The molecule has 0 saturated heterocycles. The molecule has 2 aliphatic rings. The average molecular weight is 428 g/mol. The first-order valence-corrected chi connectivity index (χ1v) is 10.6. The summed E-state index contributed by atoms with van der Waals surface area (Å²) in [6.45, 7) is 4.05. The summed E-state index contributed by atoms with van der Waals surface area (Å²) in [5.74, 6) is 2.03. The van der Waals surface area contributed by atoms with Gasteiger partial charge in [0.15, 0.2) is 18.2 Å². The molecular weight excluding hydrogens is 406 g/mol. The van der Waals surface area contributed by atoms with Gasteiger partial charge >= 0.3 is 5.63 Å². The van der Waals surface area contributed by atoms with Crippen LogP contribution in [0.5, 0.6) is 17.2 Å². The molecule has 2 aliphatic heterocycles. The molecule has 0 N–H and O–H groups in total. The van der Waals surface area contributed by atoms with E-state index in [2.05, 4.69) is 11.8 Å². The van der Waals surface area contributed by atoms with Gasteiger partial charge in [-0.15, -0.1) is 0 Å². The number of nitrogens with zero attached hydrogens (tertiary/aromatic N) is 1. The fourth-order valence-electron chi connectivity index (χ4n) is 4.02. The Kier molecular flexibility index (Phi) is 4.95.